The molecule has 0 saturated carbocycles. The fourth-order valence-electron chi connectivity index (χ4n) is 5.19. The maximum Gasteiger partial charge on any atom is 0.495 e. The van der Waals surface area contributed by atoms with Crippen molar-refractivity contribution in [2.75, 3.05) is 0 Å². The molecule has 1 saturated heterocycles. The third kappa shape index (κ3) is 5.85. The van der Waals surface area contributed by atoms with Gasteiger partial charge in [0.05, 0.1) is 23.1 Å². The highest BCUT2D eigenvalue weighted by Gasteiger charge is 2.53. The van der Waals surface area contributed by atoms with Crippen LogP contribution in [0.3, 0.4) is 0 Å². The number of hydrogen-bond donors (Lipinski definition) is 1. The summed E-state index contributed by atoms with van der Waals surface area (Å²) in [4.78, 5) is 0. The second-order valence-electron chi connectivity index (χ2n) is 10.8. The topological polar surface area (TPSA) is 39.7 Å². The van der Waals surface area contributed by atoms with Gasteiger partial charge in [-0.25, -0.2) is 0 Å². The van der Waals surface area contributed by atoms with E-state index in [4.69, 9.17) is 14.0 Å². The van der Waals surface area contributed by atoms with Gasteiger partial charge in [0.2, 0.25) is 0 Å². The standard InChI is InChI=1S/C29H41BINO3/c1-7-9-12-20(3)33-27-24-14-11-10-13-22(24)15-17-26(27)32-25-18-16-23(19-21(25)8-2)30-34-28(4,5)29(6,31)35-30/h10,13,15-17,19,22,24-25,32H,3,7-9,11-12,14,18H2,1-2,4-6H3/t22-,24?,25+,29+/m1/s1. The van der Waals surface area contributed by atoms with E-state index in [9.17, 15) is 0 Å². The fraction of sp³-hybridized carbons (Fsp3) is 0.586. The SMILES string of the molecule is C=C(CCCC)OC1=C(N[C@H]2CC=C(B3OC(C)(C)[C@@](C)(I)O3)C=C2CC)C=C[C@H]2C=CCCC12. The van der Waals surface area contributed by atoms with E-state index in [2.05, 4.69) is 106 Å². The predicted octanol–water partition coefficient (Wildman–Crippen LogP) is 7.70. The summed E-state index contributed by atoms with van der Waals surface area (Å²) in [5.74, 6) is 2.73. The molecule has 0 spiro atoms. The Balaban J connectivity index is 1.53. The molecule has 4 rings (SSSR count). The average molecular weight is 589 g/mol. The van der Waals surface area contributed by atoms with Gasteiger partial charge >= 0.3 is 7.12 Å². The van der Waals surface area contributed by atoms with Crippen LogP contribution in [-0.2, 0) is 14.0 Å². The Morgan fingerprint density at radius 3 is 2.74 bits per heavy atom. The van der Waals surface area contributed by atoms with E-state index in [1.54, 1.807) is 0 Å². The number of halogens is 1. The van der Waals surface area contributed by atoms with Gasteiger partial charge in [-0.05, 0) is 92.6 Å². The number of allylic oxidation sites excluding steroid dienone is 8. The van der Waals surface area contributed by atoms with Crippen LogP contribution in [0, 0.1) is 11.8 Å². The van der Waals surface area contributed by atoms with Crippen molar-refractivity contribution in [3.8, 4) is 0 Å². The first-order valence-corrected chi connectivity index (χ1v) is 14.4. The summed E-state index contributed by atoms with van der Waals surface area (Å²) in [6, 6.07) is 0.224. The van der Waals surface area contributed by atoms with Crippen molar-refractivity contribution >= 4 is 29.7 Å². The minimum atomic E-state index is -0.360. The van der Waals surface area contributed by atoms with Gasteiger partial charge < -0.3 is 19.4 Å². The van der Waals surface area contributed by atoms with Gasteiger partial charge in [0.25, 0.3) is 0 Å². The van der Waals surface area contributed by atoms with E-state index in [0.717, 1.165) is 67.6 Å². The molecule has 0 radical (unpaired) electrons. The molecule has 0 aromatic rings. The van der Waals surface area contributed by atoms with Crippen LogP contribution in [0.2, 0.25) is 0 Å². The summed E-state index contributed by atoms with van der Waals surface area (Å²) in [6.07, 6.45) is 21.0. The number of alkyl halides is 1. The maximum atomic E-state index is 6.50. The Morgan fingerprint density at radius 1 is 1.26 bits per heavy atom. The third-order valence-electron chi connectivity index (χ3n) is 7.82. The van der Waals surface area contributed by atoms with Crippen molar-refractivity contribution in [2.45, 2.75) is 94.8 Å². The minimum Gasteiger partial charge on any atom is -0.464 e. The second-order valence-corrected chi connectivity index (χ2v) is 12.8. The average Bonchev–Trinajstić information content (AvgIpc) is 3.06. The number of fused-ring (bicyclic) bond motifs is 1. The Bertz CT molecular complexity index is 958. The second kappa shape index (κ2) is 11.0. The molecular weight excluding hydrogens is 548 g/mol. The van der Waals surface area contributed by atoms with Crippen LogP contribution in [0.4, 0.5) is 0 Å². The summed E-state index contributed by atoms with van der Waals surface area (Å²) >= 11 is 2.36. The van der Waals surface area contributed by atoms with Crippen LogP contribution < -0.4 is 5.32 Å². The number of rotatable bonds is 9. The van der Waals surface area contributed by atoms with Crippen LogP contribution in [0.15, 0.2) is 71.3 Å². The Morgan fingerprint density at radius 2 is 2.06 bits per heavy atom. The van der Waals surface area contributed by atoms with Crippen molar-refractivity contribution < 1.29 is 14.0 Å². The zero-order valence-electron chi connectivity index (χ0n) is 22.0. The smallest absolute Gasteiger partial charge is 0.464 e. The minimum absolute atomic E-state index is 0.224. The number of ether oxygens (including phenoxy) is 1. The first-order valence-electron chi connectivity index (χ1n) is 13.3. The van der Waals surface area contributed by atoms with Crippen molar-refractivity contribution in [2.24, 2.45) is 11.8 Å². The zero-order valence-corrected chi connectivity index (χ0v) is 24.2. The maximum absolute atomic E-state index is 6.50. The molecule has 35 heavy (non-hydrogen) atoms. The summed E-state index contributed by atoms with van der Waals surface area (Å²) in [5.41, 5.74) is 3.26. The molecule has 1 N–H and O–H groups in total. The molecule has 190 valence electrons. The van der Waals surface area contributed by atoms with Crippen molar-refractivity contribution in [3.05, 3.63) is 71.3 Å². The molecule has 1 aliphatic heterocycles. The third-order valence-corrected chi connectivity index (χ3v) is 9.38. The van der Waals surface area contributed by atoms with Crippen molar-refractivity contribution in [3.63, 3.8) is 0 Å². The van der Waals surface area contributed by atoms with Gasteiger partial charge in [0.15, 0.2) is 0 Å². The molecule has 0 aromatic carbocycles. The molecule has 3 aliphatic carbocycles. The highest BCUT2D eigenvalue weighted by atomic mass is 127. The molecule has 6 heteroatoms. The first kappa shape index (κ1) is 26.8. The predicted molar refractivity (Wildman–Crippen MR) is 154 cm³/mol. The van der Waals surface area contributed by atoms with E-state index in [1.165, 1.54) is 5.57 Å². The van der Waals surface area contributed by atoms with Gasteiger partial charge in [-0.1, -0.05) is 57.2 Å². The zero-order chi connectivity index (χ0) is 25.2. The number of nitrogens with one attached hydrogen (secondary N) is 1. The Kier molecular flexibility index (Phi) is 8.44. The van der Waals surface area contributed by atoms with Gasteiger partial charge in [0, 0.05) is 18.3 Å². The lowest BCUT2D eigenvalue weighted by molar-refractivity contribution is 0.0725. The molecule has 4 nitrogen and oxygen atoms in total. The quantitative estimate of drug-likeness (QED) is 0.0985. The lowest BCUT2D eigenvalue weighted by atomic mass is 9.73. The van der Waals surface area contributed by atoms with Crippen LogP contribution in [0.1, 0.15) is 79.6 Å². The van der Waals surface area contributed by atoms with E-state index < -0.39 is 0 Å². The molecule has 0 amide bonds. The van der Waals surface area contributed by atoms with Gasteiger partial charge in [-0.15, -0.1) is 0 Å². The van der Waals surface area contributed by atoms with Gasteiger partial charge in [-0.3, -0.25) is 0 Å². The lowest BCUT2D eigenvalue weighted by Crippen LogP contribution is -2.38. The van der Waals surface area contributed by atoms with E-state index in [1.807, 2.05) is 0 Å². The number of unbranched alkanes of at least 4 members (excludes halogenated alkanes) is 1. The van der Waals surface area contributed by atoms with Crippen molar-refractivity contribution in [1.29, 1.82) is 0 Å². The fourth-order valence-corrected chi connectivity index (χ4v) is 5.54. The molecule has 0 aromatic heterocycles. The highest BCUT2D eigenvalue weighted by Crippen LogP contribution is 2.45. The first-order chi connectivity index (χ1) is 16.6. The van der Waals surface area contributed by atoms with E-state index >= 15 is 0 Å². The van der Waals surface area contributed by atoms with Crippen LogP contribution in [0.25, 0.3) is 0 Å². The molecule has 4 aliphatic rings. The monoisotopic (exact) mass is 589 g/mol. The largest absolute Gasteiger partial charge is 0.495 e. The summed E-state index contributed by atoms with van der Waals surface area (Å²) < 4.78 is 18.8. The summed E-state index contributed by atoms with van der Waals surface area (Å²) in [5, 5.41) is 3.85. The van der Waals surface area contributed by atoms with Crippen LogP contribution >= 0.6 is 22.6 Å². The Hall–Kier alpha value is -1.25. The molecule has 1 heterocycles. The van der Waals surface area contributed by atoms with E-state index in [-0.39, 0.29) is 22.4 Å². The normalized spacial score (nSPS) is 31.7. The lowest BCUT2D eigenvalue weighted by Gasteiger charge is -2.35. The molecule has 1 unspecified atom stereocenters. The molecule has 1 fully saturated rings. The van der Waals surface area contributed by atoms with Crippen LogP contribution in [0.5, 0.6) is 0 Å². The van der Waals surface area contributed by atoms with Gasteiger partial charge in [-0.2, -0.15) is 0 Å². The summed E-state index contributed by atoms with van der Waals surface area (Å²) in [6.45, 7) is 15.0. The van der Waals surface area contributed by atoms with E-state index in [0.29, 0.717) is 11.8 Å². The Labute approximate surface area is 226 Å². The molecular formula is C29H41BINO3. The van der Waals surface area contributed by atoms with Crippen molar-refractivity contribution in [1.82, 2.24) is 5.32 Å². The molecule has 4 atom stereocenters. The van der Waals surface area contributed by atoms with Crippen LogP contribution in [-0.4, -0.2) is 22.4 Å². The number of hydrogen-bond acceptors (Lipinski definition) is 4. The summed E-state index contributed by atoms with van der Waals surface area (Å²) in [7, 11) is -0.321. The molecule has 0 bridgehead atoms. The highest BCUT2D eigenvalue weighted by molar-refractivity contribution is 14.1. The van der Waals surface area contributed by atoms with Gasteiger partial charge in [0.1, 0.15) is 9.37 Å².